The van der Waals surface area contributed by atoms with Crippen molar-refractivity contribution in [2.45, 2.75) is 33.3 Å². The Morgan fingerprint density at radius 1 is 1.19 bits per heavy atom. The molecule has 0 fully saturated rings. The van der Waals surface area contributed by atoms with E-state index in [-0.39, 0.29) is 5.97 Å². The number of hydrogen-bond donors (Lipinski definition) is 0. The van der Waals surface area contributed by atoms with Crippen LogP contribution in [0.4, 0.5) is 0 Å². The Morgan fingerprint density at radius 2 is 1.69 bits per heavy atom. The number of ether oxygens (including phenoxy) is 1. The van der Waals surface area contributed by atoms with Crippen LogP contribution in [-0.4, -0.2) is 11.6 Å². The number of aryl methyl sites for hydroxylation is 1. The molecular weight excluding hydrogens is 200 g/mol. The van der Waals surface area contributed by atoms with Gasteiger partial charge >= 0.3 is 5.97 Å². The average molecular weight is 218 g/mol. The molecule has 0 spiro atoms. The summed E-state index contributed by atoms with van der Waals surface area (Å²) in [6, 6.07) is 7.65. The van der Waals surface area contributed by atoms with Gasteiger partial charge < -0.3 is 4.74 Å². The first-order valence-corrected chi connectivity index (χ1v) is 5.29. The van der Waals surface area contributed by atoms with Gasteiger partial charge in [0.05, 0.1) is 5.57 Å². The zero-order chi connectivity index (χ0) is 12.3. The van der Waals surface area contributed by atoms with Crippen LogP contribution in [0.15, 0.2) is 30.8 Å². The fraction of sp³-hybridized carbons (Fsp3) is 0.357. The third-order valence-electron chi connectivity index (χ3n) is 2.05. The van der Waals surface area contributed by atoms with Crippen molar-refractivity contribution in [3.8, 4) is 0 Å². The van der Waals surface area contributed by atoms with Crippen LogP contribution in [0.5, 0.6) is 0 Å². The smallest absolute Gasteiger partial charge is 0.338 e. The molecule has 0 aliphatic rings. The normalized spacial score (nSPS) is 11.0. The molecule has 0 saturated heterocycles. The van der Waals surface area contributed by atoms with E-state index in [1.54, 1.807) is 0 Å². The van der Waals surface area contributed by atoms with E-state index in [2.05, 4.69) is 6.58 Å². The highest BCUT2D eigenvalue weighted by Gasteiger charge is 2.19. The van der Waals surface area contributed by atoms with Crippen LogP contribution in [0.3, 0.4) is 0 Å². The van der Waals surface area contributed by atoms with E-state index >= 15 is 0 Å². The minimum absolute atomic E-state index is 0.364. The summed E-state index contributed by atoms with van der Waals surface area (Å²) in [4.78, 5) is 11.7. The Bertz CT molecular complexity index is 394. The molecular formula is C14H18O2. The molecule has 0 saturated carbocycles. The van der Waals surface area contributed by atoms with Gasteiger partial charge in [0.25, 0.3) is 0 Å². The molecule has 16 heavy (non-hydrogen) atoms. The molecule has 0 atom stereocenters. The van der Waals surface area contributed by atoms with E-state index in [0.29, 0.717) is 5.57 Å². The predicted molar refractivity (Wildman–Crippen MR) is 66.1 cm³/mol. The molecule has 2 nitrogen and oxygen atoms in total. The molecule has 1 aromatic rings. The Kier molecular flexibility index (Phi) is 3.53. The Hall–Kier alpha value is -1.57. The van der Waals surface area contributed by atoms with Gasteiger partial charge in [-0.15, -0.1) is 0 Å². The fourth-order valence-corrected chi connectivity index (χ4v) is 1.21. The summed E-state index contributed by atoms with van der Waals surface area (Å²) in [6.45, 7) is 11.3. The molecule has 0 aromatic heterocycles. The molecule has 1 aromatic carbocycles. The number of carbonyl (C=O) groups excluding carboxylic acids is 1. The predicted octanol–water partition coefficient (Wildman–Crippen LogP) is 3.35. The van der Waals surface area contributed by atoms with E-state index in [1.165, 1.54) is 0 Å². The van der Waals surface area contributed by atoms with Crippen LogP contribution >= 0.6 is 0 Å². The summed E-state index contributed by atoms with van der Waals surface area (Å²) >= 11 is 0. The number of rotatable bonds is 2. The average Bonchev–Trinajstić information content (AvgIpc) is 2.15. The van der Waals surface area contributed by atoms with Crippen molar-refractivity contribution >= 4 is 11.5 Å². The molecule has 0 radical (unpaired) electrons. The van der Waals surface area contributed by atoms with Gasteiger partial charge in [0.2, 0.25) is 0 Å². The van der Waals surface area contributed by atoms with Crippen molar-refractivity contribution in [3.05, 3.63) is 42.0 Å². The summed E-state index contributed by atoms with van der Waals surface area (Å²) in [5, 5.41) is 0. The van der Waals surface area contributed by atoms with Gasteiger partial charge in [0.1, 0.15) is 5.60 Å². The first-order chi connectivity index (χ1) is 7.29. The fourth-order valence-electron chi connectivity index (χ4n) is 1.21. The standard InChI is InChI=1S/C14H18O2/c1-10-6-8-12(9-7-10)11(2)13(15)16-14(3,4)5/h6-9H,2H2,1,3-5H3. The minimum Gasteiger partial charge on any atom is -0.456 e. The third kappa shape index (κ3) is 3.54. The summed E-state index contributed by atoms with van der Waals surface area (Å²) < 4.78 is 5.25. The lowest BCUT2D eigenvalue weighted by Gasteiger charge is -2.20. The second-order valence-corrected chi connectivity index (χ2v) is 4.85. The third-order valence-corrected chi connectivity index (χ3v) is 2.05. The molecule has 2 heteroatoms. The molecule has 0 unspecified atom stereocenters. The zero-order valence-corrected chi connectivity index (χ0v) is 10.3. The highest BCUT2D eigenvalue weighted by molar-refractivity contribution is 6.15. The highest BCUT2D eigenvalue weighted by atomic mass is 16.6. The number of benzene rings is 1. The number of esters is 1. The molecule has 86 valence electrons. The van der Waals surface area contributed by atoms with E-state index < -0.39 is 5.60 Å². The van der Waals surface area contributed by atoms with Crippen molar-refractivity contribution in [3.63, 3.8) is 0 Å². The van der Waals surface area contributed by atoms with Crippen LogP contribution < -0.4 is 0 Å². The first kappa shape index (κ1) is 12.5. The summed E-state index contributed by atoms with van der Waals surface area (Å²) in [7, 11) is 0. The van der Waals surface area contributed by atoms with E-state index in [1.807, 2.05) is 52.0 Å². The van der Waals surface area contributed by atoms with E-state index in [4.69, 9.17) is 4.74 Å². The van der Waals surface area contributed by atoms with Crippen LogP contribution in [0.1, 0.15) is 31.9 Å². The van der Waals surface area contributed by atoms with Crippen molar-refractivity contribution in [2.75, 3.05) is 0 Å². The van der Waals surface area contributed by atoms with E-state index in [0.717, 1.165) is 11.1 Å². The Labute approximate surface area is 96.9 Å². The second kappa shape index (κ2) is 4.52. The lowest BCUT2D eigenvalue weighted by atomic mass is 10.1. The lowest BCUT2D eigenvalue weighted by molar-refractivity contribution is -0.147. The molecule has 0 aliphatic carbocycles. The van der Waals surface area contributed by atoms with Crippen LogP contribution in [0, 0.1) is 6.92 Å². The quantitative estimate of drug-likeness (QED) is 0.562. The monoisotopic (exact) mass is 218 g/mol. The minimum atomic E-state index is -0.481. The van der Waals surface area contributed by atoms with Gasteiger partial charge in [-0.2, -0.15) is 0 Å². The molecule has 0 amide bonds. The van der Waals surface area contributed by atoms with Crippen molar-refractivity contribution in [1.29, 1.82) is 0 Å². The maximum Gasteiger partial charge on any atom is 0.338 e. The Morgan fingerprint density at radius 3 is 2.12 bits per heavy atom. The number of carbonyl (C=O) groups is 1. The second-order valence-electron chi connectivity index (χ2n) is 4.85. The molecule has 0 heterocycles. The lowest BCUT2D eigenvalue weighted by Crippen LogP contribution is -2.24. The van der Waals surface area contributed by atoms with Gasteiger partial charge in [0.15, 0.2) is 0 Å². The largest absolute Gasteiger partial charge is 0.456 e. The summed E-state index contributed by atoms with van der Waals surface area (Å²) in [6.07, 6.45) is 0. The van der Waals surface area contributed by atoms with Gasteiger partial charge in [0, 0.05) is 0 Å². The van der Waals surface area contributed by atoms with Crippen molar-refractivity contribution in [2.24, 2.45) is 0 Å². The SMILES string of the molecule is C=C(C(=O)OC(C)(C)C)c1ccc(C)cc1. The van der Waals surface area contributed by atoms with Gasteiger partial charge in [-0.3, -0.25) is 0 Å². The maximum atomic E-state index is 11.7. The highest BCUT2D eigenvalue weighted by Crippen LogP contribution is 2.18. The molecule has 0 N–H and O–H groups in total. The van der Waals surface area contributed by atoms with Crippen molar-refractivity contribution in [1.82, 2.24) is 0 Å². The maximum absolute atomic E-state index is 11.7. The van der Waals surface area contributed by atoms with Crippen molar-refractivity contribution < 1.29 is 9.53 Å². The van der Waals surface area contributed by atoms with Gasteiger partial charge in [-0.25, -0.2) is 4.79 Å². The first-order valence-electron chi connectivity index (χ1n) is 5.29. The Balaban J connectivity index is 2.79. The molecule has 0 bridgehead atoms. The molecule has 1 rings (SSSR count). The zero-order valence-electron chi connectivity index (χ0n) is 10.3. The van der Waals surface area contributed by atoms with Gasteiger partial charge in [-0.1, -0.05) is 36.4 Å². The topological polar surface area (TPSA) is 26.3 Å². The van der Waals surface area contributed by atoms with Crippen LogP contribution in [0.2, 0.25) is 0 Å². The summed E-state index contributed by atoms with van der Waals surface area (Å²) in [5.74, 6) is -0.364. The van der Waals surface area contributed by atoms with Crippen LogP contribution in [-0.2, 0) is 9.53 Å². The van der Waals surface area contributed by atoms with Crippen LogP contribution in [0.25, 0.3) is 5.57 Å². The van der Waals surface area contributed by atoms with Gasteiger partial charge in [-0.05, 0) is 33.3 Å². The number of hydrogen-bond acceptors (Lipinski definition) is 2. The van der Waals surface area contributed by atoms with E-state index in [9.17, 15) is 4.79 Å². The summed E-state index contributed by atoms with van der Waals surface area (Å²) in [5.41, 5.74) is 1.88. The molecule has 0 aliphatic heterocycles.